The summed E-state index contributed by atoms with van der Waals surface area (Å²) >= 11 is 0. The van der Waals surface area contributed by atoms with Crippen LogP contribution >= 0.6 is 0 Å². The fourth-order valence-corrected chi connectivity index (χ4v) is 5.55. The highest BCUT2D eigenvalue weighted by Gasteiger charge is 2.16. The van der Waals surface area contributed by atoms with Crippen molar-refractivity contribution in [2.24, 2.45) is 14.1 Å². The number of aromatic nitrogens is 6. The van der Waals surface area contributed by atoms with E-state index in [-0.39, 0.29) is 26.0 Å². The molecule has 0 aliphatic rings. The van der Waals surface area contributed by atoms with Crippen LogP contribution in [-0.4, -0.2) is 29.1 Å². The number of hydrogen-bond acceptors (Lipinski definition) is 8. The number of H-pyrrole nitrogens is 2. The van der Waals surface area contributed by atoms with Gasteiger partial charge in [0.1, 0.15) is 11.5 Å². The molecule has 0 bridgehead atoms. The zero-order valence-corrected chi connectivity index (χ0v) is 29.2. The summed E-state index contributed by atoms with van der Waals surface area (Å²) in [5.74, 6) is 2.40. The largest absolute Gasteiger partial charge is 0.439 e. The number of pyridine rings is 2. The molecular weight excluding hydrogens is 660 g/mol. The Hall–Kier alpha value is -6.30. The number of hydrogen-bond donors (Lipinski definition) is 2. The molecule has 0 amide bonds. The van der Waals surface area contributed by atoms with Crippen LogP contribution in [0.5, 0.6) is 23.3 Å². The molecule has 0 aliphatic carbocycles. The topological polar surface area (TPSA) is 154 Å². The van der Waals surface area contributed by atoms with Gasteiger partial charge in [0.25, 0.3) is 11.1 Å². The van der Waals surface area contributed by atoms with Gasteiger partial charge in [-0.1, -0.05) is 27.0 Å². The summed E-state index contributed by atoms with van der Waals surface area (Å²) < 4.78 is 14.6. The third-order valence-corrected chi connectivity index (χ3v) is 8.37. The lowest BCUT2D eigenvalue weighted by Gasteiger charge is -2.14. The number of aromatic amines is 2. The SMILES string of the molecule is C.C.Cc1cc(Oc2ncccc2C)ccc1-c1c(C)c(=O)[nH]c(=O)n1C.Cc1cc(Oc2ncccc2C)ccc1-c1c(C)c(=O)[nH]c(=O)n1C. The molecule has 4 heterocycles. The molecule has 0 saturated heterocycles. The highest BCUT2D eigenvalue weighted by molar-refractivity contribution is 5.69. The van der Waals surface area contributed by atoms with Crippen LogP contribution in [0, 0.1) is 41.5 Å². The first-order valence-corrected chi connectivity index (χ1v) is 15.8. The van der Waals surface area contributed by atoms with Gasteiger partial charge in [0, 0.05) is 59.9 Å². The Morgan fingerprint density at radius 3 is 1.23 bits per heavy atom. The molecule has 6 aromatic rings. The zero-order valence-electron chi connectivity index (χ0n) is 29.2. The molecule has 52 heavy (non-hydrogen) atoms. The van der Waals surface area contributed by atoms with Crippen LogP contribution in [0.3, 0.4) is 0 Å². The van der Waals surface area contributed by atoms with Crippen molar-refractivity contribution in [1.82, 2.24) is 29.1 Å². The van der Waals surface area contributed by atoms with Crippen LogP contribution in [0.2, 0.25) is 0 Å². The number of aryl methyl sites for hydroxylation is 4. The van der Waals surface area contributed by atoms with Gasteiger partial charge in [-0.2, -0.15) is 0 Å². The number of benzene rings is 2. The third-order valence-electron chi connectivity index (χ3n) is 8.37. The smallest absolute Gasteiger partial charge is 0.328 e. The molecule has 4 aromatic heterocycles. The average Bonchev–Trinajstić information content (AvgIpc) is 3.07. The lowest BCUT2D eigenvalue weighted by Crippen LogP contribution is -2.31. The van der Waals surface area contributed by atoms with Crippen molar-refractivity contribution in [3.63, 3.8) is 0 Å². The Kier molecular flexibility index (Phi) is 12.8. The standard InChI is InChI=1S/2C19H19N3O3.2CH4/c2*1-11-6-5-9-20-18(11)25-14-7-8-15(12(2)10-14)16-13(3)17(23)21-19(24)22(16)4;;/h2*5-10H,1-4H3,(H,21,23,24);2*1H4. The highest BCUT2D eigenvalue weighted by atomic mass is 16.5. The Bertz CT molecular complexity index is 2230. The van der Waals surface area contributed by atoms with Gasteiger partial charge >= 0.3 is 11.4 Å². The van der Waals surface area contributed by atoms with E-state index in [0.717, 1.165) is 33.4 Å². The van der Waals surface area contributed by atoms with Gasteiger partial charge in [0.2, 0.25) is 11.8 Å². The molecule has 0 unspecified atom stereocenters. The van der Waals surface area contributed by atoms with Crippen LogP contribution in [0.15, 0.2) is 92.2 Å². The van der Waals surface area contributed by atoms with Gasteiger partial charge < -0.3 is 9.47 Å². The third kappa shape index (κ3) is 8.35. The molecule has 12 nitrogen and oxygen atoms in total. The Morgan fingerprint density at radius 2 is 0.904 bits per heavy atom. The minimum Gasteiger partial charge on any atom is -0.439 e. The molecular formula is C40H46N6O6. The van der Waals surface area contributed by atoms with Crippen LogP contribution < -0.4 is 32.0 Å². The molecule has 0 fully saturated rings. The van der Waals surface area contributed by atoms with Crippen LogP contribution in [0.1, 0.15) is 48.2 Å². The van der Waals surface area contributed by atoms with Crippen molar-refractivity contribution in [1.29, 1.82) is 0 Å². The predicted molar refractivity (Wildman–Crippen MR) is 206 cm³/mol. The van der Waals surface area contributed by atoms with E-state index in [9.17, 15) is 19.2 Å². The maximum absolute atomic E-state index is 11.9. The van der Waals surface area contributed by atoms with Crippen molar-refractivity contribution >= 4 is 0 Å². The molecule has 2 N–H and O–H groups in total. The number of nitrogens with zero attached hydrogens (tertiary/aromatic N) is 4. The molecule has 0 saturated carbocycles. The van der Waals surface area contributed by atoms with Crippen molar-refractivity contribution in [3.05, 3.63) is 148 Å². The summed E-state index contributed by atoms with van der Waals surface area (Å²) in [5.41, 5.74) is 5.89. The van der Waals surface area contributed by atoms with E-state index in [1.54, 1.807) is 40.3 Å². The molecule has 6 rings (SSSR count). The molecule has 0 aliphatic heterocycles. The Morgan fingerprint density at radius 1 is 0.538 bits per heavy atom. The molecule has 2 aromatic carbocycles. The Balaban J connectivity index is 0.000000270. The molecule has 272 valence electrons. The molecule has 12 heteroatoms. The summed E-state index contributed by atoms with van der Waals surface area (Å²) in [6.45, 7) is 11.1. The molecule has 0 radical (unpaired) electrons. The first-order valence-electron chi connectivity index (χ1n) is 15.8. The average molecular weight is 707 g/mol. The van der Waals surface area contributed by atoms with E-state index >= 15 is 0 Å². The lowest BCUT2D eigenvalue weighted by molar-refractivity contribution is 0.458. The van der Waals surface area contributed by atoms with Gasteiger partial charge in [-0.05, 0) is 101 Å². The van der Waals surface area contributed by atoms with Gasteiger partial charge in [0.05, 0.1) is 11.4 Å². The summed E-state index contributed by atoms with van der Waals surface area (Å²) in [5, 5.41) is 0. The minimum atomic E-state index is -0.436. The maximum atomic E-state index is 11.9. The first kappa shape index (κ1) is 40.1. The summed E-state index contributed by atoms with van der Waals surface area (Å²) in [6, 6.07) is 18.6. The van der Waals surface area contributed by atoms with Gasteiger partial charge in [-0.25, -0.2) is 19.6 Å². The van der Waals surface area contributed by atoms with Crippen molar-refractivity contribution in [2.75, 3.05) is 0 Å². The second-order valence-corrected chi connectivity index (χ2v) is 12.0. The summed E-state index contributed by atoms with van der Waals surface area (Å²) in [7, 11) is 3.28. The molecule has 0 atom stereocenters. The van der Waals surface area contributed by atoms with Gasteiger partial charge in [-0.15, -0.1) is 0 Å². The molecule has 0 spiro atoms. The van der Waals surface area contributed by atoms with Crippen LogP contribution in [0.25, 0.3) is 22.5 Å². The van der Waals surface area contributed by atoms with Gasteiger partial charge in [-0.3, -0.25) is 28.7 Å². The van der Waals surface area contributed by atoms with Gasteiger partial charge in [0.15, 0.2) is 0 Å². The fourth-order valence-electron chi connectivity index (χ4n) is 5.55. The number of nitrogens with one attached hydrogen (secondary N) is 2. The van der Waals surface area contributed by atoms with Crippen molar-refractivity contribution in [2.45, 2.75) is 56.4 Å². The van der Waals surface area contributed by atoms with E-state index in [0.29, 0.717) is 45.8 Å². The quantitative estimate of drug-likeness (QED) is 0.188. The van der Waals surface area contributed by atoms with Crippen molar-refractivity contribution < 1.29 is 9.47 Å². The van der Waals surface area contributed by atoms with E-state index in [1.165, 1.54) is 9.13 Å². The van der Waals surface area contributed by atoms with E-state index < -0.39 is 11.4 Å². The normalized spacial score (nSPS) is 10.3. The van der Waals surface area contributed by atoms with E-state index in [4.69, 9.17) is 9.47 Å². The highest BCUT2D eigenvalue weighted by Crippen LogP contribution is 2.31. The van der Waals surface area contributed by atoms with Crippen molar-refractivity contribution in [3.8, 4) is 45.8 Å². The fraction of sp³-hybridized carbons (Fsp3) is 0.250. The Labute approximate surface area is 302 Å². The number of ether oxygens (including phenoxy) is 2. The number of rotatable bonds is 6. The minimum absolute atomic E-state index is 0. The summed E-state index contributed by atoms with van der Waals surface area (Å²) in [4.78, 5) is 60.8. The van der Waals surface area contributed by atoms with Crippen LogP contribution in [-0.2, 0) is 14.1 Å². The predicted octanol–water partition coefficient (Wildman–Crippen LogP) is 6.98. The van der Waals surface area contributed by atoms with E-state index in [2.05, 4.69) is 19.9 Å². The lowest BCUT2D eigenvalue weighted by atomic mass is 10.0. The zero-order chi connectivity index (χ0) is 36.3. The van der Waals surface area contributed by atoms with Crippen LogP contribution in [0.4, 0.5) is 0 Å². The second kappa shape index (κ2) is 16.6. The maximum Gasteiger partial charge on any atom is 0.328 e. The first-order chi connectivity index (χ1) is 23.8. The second-order valence-electron chi connectivity index (χ2n) is 12.0. The monoisotopic (exact) mass is 706 g/mol. The summed E-state index contributed by atoms with van der Waals surface area (Å²) in [6.07, 6.45) is 3.36. The van der Waals surface area contributed by atoms with E-state index in [1.807, 2.05) is 88.4 Å².